The molecular weight excluding hydrogens is 234 g/mol. The molecule has 78 valence electrons. The number of aryl methyl sites for hydroxylation is 1. The number of halogens is 1. The summed E-state index contributed by atoms with van der Waals surface area (Å²) >= 11 is 7.45. The van der Waals surface area contributed by atoms with Crippen LogP contribution in [0.15, 0.2) is 18.2 Å². The van der Waals surface area contributed by atoms with Gasteiger partial charge in [-0.2, -0.15) is 4.57 Å². The van der Waals surface area contributed by atoms with Crippen LogP contribution in [-0.2, 0) is 11.3 Å². The van der Waals surface area contributed by atoms with Gasteiger partial charge in [-0.05, 0) is 12.1 Å². The van der Waals surface area contributed by atoms with Crippen molar-refractivity contribution in [1.29, 1.82) is 0 Å². The van der Waals surface area contributed by atoms with E-state index in [2.05, 4.69) is 0 Å². The van der Waals surface area contributed by atoms with Crippen molar-refractivity contribution >= 4 is 39.1 Å². The number of benzene rings is 1. The molecule has 0 aliphatic carbocycles. The number of fused-ring (bicyclic) bond motifs is 1. The van der Waals surface area contributed by atoms with Crippen molar-refractivity contribution in [1.82, 2.24) is 0 Å². The van der Waals surface area contributed by atoms with E-state index in [1.807, 2.05) is 19.1 Å². The first-order chi connectivity index (χ1) is 7.08. The number of thiazole rings is 1. The average Bonchev–Trinajstić information content (AvgIpc) is 2.43. The van der Waals surface area contributed by atoms with Crippen LogP contribution in [-0.4, -0.2) is 11.1 Å². The lowest BCUT2D eigenvalue weighted by atomic mass is 10.3. The van der Waals surface area contributed by atoms with E-state index in [0.717, 1.165) is 15.2 Å². The molecule has 0 fully saturated rings. The molecule has 2 aromatic rings. The average molecular weight is 243 g/mol. The number of hydrogen-bond donors (Lipinski definition) is 1. The van der Waals surface area contributed by atoms with E-state index >= 15 is 0 Å². The standard InChI is InChI=1S/C10H8ClNO2S/c1-6-12(5-10(13)14)8-4-7(11)2-3-9(8)15-6/h2-4H,5H2,1H3/p+1. The van der Waals surface area contributed by atoms with Gasteiger partial charge in [0.15, 0.2) is 0 Å². The molecule has 0 bridgehead atoms. The number of aromatic nitrogens is 1. The maximum Gasteiger partial charge on any atom is 0.370 e. The molecule has 1 heterocycles. The highest BCUT2D eigenvalue weighted by Crippen LogP contribution is 2.23. The van der Waals surface area contributed by atoms with Crippen LogP contribution < -0.4 is 4.57 Å². The highest BCUT2D eigenvalue weighted by molar-refractivity contribution is 7.18. The fourth-order valence-electron chi connectivity index (χ4n) is 1.50. The first kappa shape index (κ1) is 10.4. The SMILES string of the molecule is Cc1sc2ccc(Cl)cc2[n+]1CC(=O)O. The van der Waals surface area contributed by atoms with E-state index in [4.69, 9.17) is 16.7 Å². The Kier molecular flexibility index (Phi) is 2.63. The Balaban J connectivity index is 2.65. The third-order valence-corrected chi connectivity index (χ3v) is 3.46. The minimum atomic E-state index is -0.845. The van der Waals surface area contributed by atoms with Gasteiger partial charge in [0.05, 0.1) is 0 Å². The van der Waals surface area contributed by atoms with Crippen molar-refractivity contribution in [3.8, 4) is 0 Å². The Morgan fingerprint density at radius 1 is 1.60 bits per heavy atom. The van der Waals surface area contributed by atoms with Crippen molar-refractivity contribution < 1.29 is 14.5 Å². The van der Waals surface area contributed by atoms with Crippen molar-refractivity contribution in [3.05, 3.63) is 28.2 Å². The summed E-state index contributed by atoms with van der Waals surface area (Å²) in [7, 11) is 0. The number of carbonyl (C=O) groups is 1. The summed E-state index contributed by atoms with van der Waals surface area (Å²) in [5.74, 6) is -0.845. The predicted octanol–water partition coefficient (Wildman–Crippen LogP) is 2.24. The summed E-state index contributed by atoms with van der Waals surface area (Å²) < 4.78 is 2.81. The Labute approximate surface area is 95.5 Å². The van der Waals surface area contributed by atoms with Gasteiger partial charge < -0.3 is 5.11 Å². The number of hydrogen-bond acceptors (Lipinski definition) is 2. The minimum Gasteiger partial charge on any atom is -0.477 e. The summed E-state index contributed by atoms with van der Waals surface area (Å²) in [6.07, 6.45) is 0. The fraction of sp³-hybridized carbons (Fsp3) is 0.200. The van der Waals surface area contributed by atoms with Gasteiger partial charge in [-0.3, -0.25) is 0 Å². The van der Waals surface area contributed by atoms with Gasteiger partial charge in [0.1, 0.15) is 4.70 Å². The molecule has 0 saturated heterocycles. The molecule has 1 N–H and O–H groups in total. The molecule has 0 aliphatic rings. The summed E-state index contributed by atoms with van der Waals surface area (Å²) in [5, 5.41) is 10.4. The van der Waals surface area contributed by atoms with Crippen molar-refractivity contribution in [2.45, 2.75) is 13.5 Å². The second kappa shape index (κ2) is 3.79. The second-order valence-electron chi connectivity index (χ2n) is 3.21. The summed E-state index contributed by atoms with van der Waals surface area (Å²) in [6.45, 7) is 1.88. The summed E-state index contributed by atoms with van der Waals surface area (Å²) in [4.78, 5) is 10.7. The minimum absolute atomic E-state index is 0.0217. The molecule has 1 aromatic carbocycles. The largest absolute Gasteiger partial charge is 0.477 e. The van der Waals surface area contributed by atoms with Crippen LogP contribution >= 0.6 is 22.9 Å². The Bertz CT molecular complexity index is 535. The van der Waals surface area contributed by atoms with E-state index in [1.54, 1.807) is 22.0 Å². The molecule has 3 nitrogen and oxygen atoms in total. The van der Waals surface area contributed by atoms with Crippen LogP contribution in [0.5, 0.6) is 0 Å². The van der Waals surface area contributed by atoms with Gasteiger partial charge >= 0.3 is 5.97 Å². The number of carboxylic acid groups (broad SMARTS) is 1. The molecule has 0 unspecified atom stereocenters. The molecule has 0 saturated carbocycles. The zero-order valence-electron chi connectivity index (χ0n) is 8.03. The number of rotatable bonds is 2. The zero-order valence-corrected chi connectivity index (χ0v) is 9.60. The summed E-state index contributed by atoms with van der Waals surface area (Å²) in [6, 6.07) is 5.52. The lowest BCUT2D eigenvalue weighted by Crippen LogP contribution is -2.39. The van der Waals surface area contributed by atoms with Gasteiger partial charge in [-0.25, -0.2) is 4.79 Å². The Morgan fingerprint density at radius 3 is 3.00 bits per heavy atom. The van der Waals surface area contributed by atoms with E-state index in [0.29, 0.717) is 5.02 Å². The van der Waals surface area contributed by atoms with E-state index in [-0.39, 0.29) is 6.54 Å². The first-order valence-corrected chi connectivity index (χ1v) is 5.57. The van der Waals surface area contributed by atoms with Crippen LogP contribution in [0.3, 0.4) is 0 Å². The number of aliphatic carboxylic acids is 1. The van der Waals surface area contributed by atoms with E-state index in [1.165, 1.54) is 0 Å². The maximum absolute atomic E-state index is 10.7. The molecule has 15 heavy (non-hydrogen) atoms. The molecule has 0 radical (unpaired) electrons. The summed E-state index contributed by atoms with van der Waals surface area (Å²) in [5.41, 5.74) is 0.882. The van der Waals surface area contributed by atoms with Gasteiger partial charge in [0, 0.05) is 18.0 Å². The van der Waals surface area contributed by atoms with Crippen LogP contribution in [0.1, 0.15) is 5.01 Å². The molecule has 0 aliphatic heterocycles. The maximum atomic E-state index is 10.7. The molecule has 0 amide bonds. The molecule has 1 aromatic heterocycles. The first-order valence-electron chi connectivity index (χ1n) is 4.38. The van der Waals surface area contributed by atoms with Crippen molar-refractivity contribution in [2.75, 3.05) is 0 Å². The van der Waals surface area contributed by atoms with Crippen molar-refractivity contribution in [2.24, 2.45) is 0 Å². The van der Waals surface area contributed by atoms with Crippen LogP contribution in [0.4, 0.5) is 0 Å². The number of nitrogens with zero attached hydrogens (tertiary/aromatic N) is 1. The topological polar surface area (TPSA) is 41.2 Å². The quantitative estimate of drug-likeness (QED) is 0.821. The molecule has 2 rings (SSSR count). The molecule has 5 heteroatoms. The predicted molar refractivity (Wildman–Crippen MR) is 59.4 cm³/mol. The third kappa shape index (κ3) is 1.96. The second-order valence-corrected chi connectivity index (χ2v) is 4.88. The van der Waals surface area contributed by atoms with Crippen LogP contribution in [0.25, 0.3) is 10.2 Å². The third-order valence-electron chi connectivity index (χ3n) is 2.14. The lowest BCUT2D eigenvalue weighted by Gasteiger charge is -1.92. The van der Waals surface area contributed by atoms with Crippen molar-refractivity contribution in [3.63, 3.8) is 0 Å². The van der Waals surface area contributed by atoms with Gasteiger partial charge in [0.25, 0.3) is 0 Å². The molecular formula is C10H9ClNO2S+. The highest BCUT2D eigenvalue weighted by atomic mass is 35.5. The monoisotopic (exact) mass is 242 g/mol. The lowest BCUT2D eigenvalue weighted by molar-refractivity contribution is -0.661. The van der Waals surface area contributed by atoms with Crippen LogP contribution in [0.2, 0.25) is 5.02 Å². The number of carboxylic acids is 1. The normalized spacial score (nSPS) is 10.8. The van der Waals surface area contributed by atoms with Gasteiger partial charge in [0.2, 0.25) is 17.1 Å². The highest BCUT2D eigenvalue weighted by Gasteiger charge is 2.19. The van der Waals surface area contributed by atoms with E-state index < -0.39 is 5.97 Å². The van der Waals surface area contributed by atoms with E-state index in [9.17, 15) is 4.79 Å². The molecule has 0 spiro atoms. The fourth-order valence-corrected chi connectivity index (χ4v) is 2.67. The Hall–Kier alpha value is -1.13. The van der Waals surface area contributed by atoms with Gasteiger partial charge in [-0.1, -0.05) is 22.9 Å². The van der Waals surface area contributed by atoms with Crippen LogP contribution in [0, 0.1) is 6.92 Å². The molecule has 0 atom stereocenters. The zero-order chi connectivity index (χ0) is 11.0. The smallest absolute Gasteiger partial charge is 0.370 e. The Morgan fingerprint density at radius 2 is 2.33 bits per heavy atom. The van der Waals surface area contributed by atoms with Gasteiger partial charge in [-0.15, -0.1) is 0 Å².